The number of pyridine rings is 3. The lowest BCUT2D eigenvalue weighted by atomic mass is 9.91. The average Bonchev–Trinajstić information content (AvgIpc) is 3.91. The number of carbonyl (C=O) groups is 4. The highest BCUT2D eigenvalue weighted by Crippen LogP contribution is 2.42. The summed E-state index contributed by atoms with van der Waals surface area (Å²) in [4.78, 5) is 79.0. The van der Waals surface area contributed by atoms with E-state index in [2.05, 4.69) is 56.3 Å². The number of hydrogen-bond acceptors (Lipinski definition) is 14. The number of aromatic nitrogens is 3. The van der Waals surface area contributed by atoms with Gasteiger partial charge >= 0.3 is 0 Å². The number of nitrogens with zero attached hydrogens (tertiary/aromatic N) is 8. The van der Waals surface area contributed by atoms with Gasteiger partial charge in [-0.25, -0.2) is 15.0 Å². The average molecular weight is 965 g/mol. The van der Waals surface area contributed by atoms with Gasteiger partial charge in [-0.2, -0.15) is 0 Å². The molecular formula is C53H60N10O6S. The molecule has 1 aromatic carbocycles. The van der Waals surface area contributed by atoms with E-state index in [4.69, 9.17) is 14.7 Å². The number of nitrogens with one attached hydrogen (secondary N) is 2. The van der Waals surface area contributed by atoms with E-state index in [1.807, 2.05) is 36.5 Å². The smallest absolute Gasteiger partial charge is 0.269 e. The molecule has 5 atom stereocenters. The van der Waals surface area contributed by atoms with Gasteiger partial charge in [0.25, 0.3) is 11.8 Å². The Labute approximate surface area is 412 Å². The molecule has 9 heterocycles. The molecule has 11 rings (SSSR count). The molecule has 6 aliphatic rings. The number of ether oxygens (including phenoxy) is 1. The molecule has 1 unspecified atom stereocenters. The number of carbonyl (C=O) groups excluding carboxylic acids is 4. The summed E-state index contributed by atoms with van der Waals surface area (Å²) in [5.41, 5.74) is 8.99. The van der Waals surface area contributed by atoms with Gasteiger partial charge in [-0.05, 0) is 137 Å². The lowest BCUT2D eigenvalue weighted by molar-refractivity contribution is -0.136. The SMILES string of the molecule is COc1ncc(-c2ccnc(N3CCc4c(sc5c4CCCC5)C3=O)c2[C@H](C)O)cc1Nc1ccc(N2CCN(C3CCN(c4ccc5c(c4)CN([C@H]4CCC(=O)NC4=O)C5=O)[C@@H](C)C3)C[C@@H]2C)cn1. The zero-order chi connectivity index (χ0) is 48.4. The summed E-state index contributed by atoms with van der Waals surface area (Å²) < 4.78 is 5.70. The second kappa shape index (κ2) is 18.7. The van der Waals surface area contributed by atoms with E-state index in [0.29, 0.717) is 65.9 Å². The second-order valence-corrected chi connectivity index (χ2v) is 20.9. The molecule has 5 aliphatic heterocycles. The van der Waals surface area contributed by atoms with Crippen LogP contribution in [0, 0.1) is 0 Å². The summed E-state index contributed by atoms with van der Waals surface area (Å²) >= 11 is 1.64. The van der Waals surface area contributed by atoms with Crippen LogP contribution in [0.3, 0.4) is 0 Å². The Morgan fingerprint density at radius 3 is 2.41 bits per heavy atom. The first-order chi connectivity index (χ1) is 33.9. The van der Waals surface area contributed by atoms with Gasteiger partial charge < -0.3 is 29.9 Å². The highest BCUT2D eigenvalue weighted by molar-refractivity contribution is 7.14. The third kappa shape index (κ3) is 8.34. The maximum absolute atomic E-state index is 14.1. The highest BCUT2D eigenvalue weighted by Gasteiger charge is 2.41. The van der Waals surface area contributed by atoms with Gasteiger partial charge in [0.05, 0.1) is 30.0 Å². The zero-order valence-corrected chi connectivity index (χ0v) is 41.1. The van der Waals surface area contributed by atoms with Crippen LogP contribution >= 0.6 is 11.3 Å². The molecule has 1 aliphatic carbocycles. The van der Waals surface area contributed by atoms with E-state index in [-0.39, 0.29) is 30.2 Å². The molecule has 364 valence electrons. The number of benzene rings is 1. The van der Waals surface area contributed by atoms with Gasteiger partial charge in [0.15, 0.2) is 0 Å². The number of imide groups is 1. The van der Waals surface area contributed by atoms with E-state index >= 15 is 0 Å². The van der Waals surface area contributed by atoms with Crippen molar-refractivity contribution in [1.29, 1.82) is 0 Å². The molecule has 16 nitrogen and oxygen atoms in total. The minimum atomic E-state index is -0.904. The quantitative estimate of drug-likeness (QED) is 0.125. The van der Waals surface area contributed by atoms with Crippen molar-refractivity contribution in [1.82, 2.24) is 30.1 Å². The monoisotopic (exact) mass is 964 g/mol. The van der Waals surface area contributed by atoms with Crippen molar-refractivity contribution in [2.45, 2.75) is 115 Å². The van der Waals surface area contributed by atoms with Gasteiger partial charge in [0, 0.05) is 103 Å². The summed E-state index contributed by atoms with van der Waals surface area (Å²) in [6.07, 6.45) is 12.3. The molecule has 4 aromatic heterocycles. The van der Waals surface area contributed by atoms with Crippen molar-refractivity contribution in [2.75, 3.05) is 59.9 Å². The second-order valence-electron chi connectivity index (χ2n) is 19.8. The number of anilines is 5. The van der Waals surface area contributed by atoms with E-state index in [0.717, 1.165) is 91.2 Å². The molecule has 0 saturated carbocycles. The molecule has 3 fully saturated rings. The number of thiophene rings is 1. The fourth-order valence-electron chi connectivity index (χ4n) is 12.0. The Bertz CT molecular complexity index is 2890. The van der Waals surface area contributed by atoms with Crippen LogP contribution in [0.15, 0.2) is 61.1 Å². The molecule has 3 saturated heterocycles. The molecule has 70 heavy (non-hydrogen) atoms. The molecule has 0 spiro atoms. The van der Waals surface area contributed by atoms with Gasteiger partial charge in [0.2, 0.25) is 17.7 Å². The van der Waals surface area contributed by atoms with Crippen LogP contribution in [-0.4, -0.2) is 117 Å². The predicted molar refractivity (Wildman–Crippen MR) is 269 cm³/mol. The standard InChI is InChI=1S/C53H60N10O6S/c1-30-23-35(16-19-60(30)36-9-11-39-34(24-36)29-63(52(39)67)43-12-14-46(65)58-50(43)66)59-21-22-61(31(2)28-59)37-10-13-45(55-27-37)57-42-25-33(26-56-51(42)69-4)38-15-18-54-49(47(38)32(3)64)62-20-17-41-40-7-5-6-8-44(40)70-48(41)53(62)68/h9-11,13,15,18,24-27,30-32,35,43,64H,5-8,12,14,16-17,19-23,28-29H2,1-4H3,(H,55,57)(H,58,65,66)/t30-,31-,32-,35?,43-/m0/s1. The van der Waals surface area contributed by atoms with Crippen LogP contribution in [0.2, 0.25) is 0 Å². The van der Waals surface area contributed by atoms with Crippen molar-refractivity contribution < 1.29 is 29.0 Å². The Morgan fingerprint density at radius 2 is 1.64 bits per heavy atom. The van der Waals surface area contributed by atoms with Gasteiger partial charge in [-0.15, -0.1) is 11.3 Å². The molecule has 0 bridgehead atoms. The number of aliphatic hydroxyl groups is 1. The topological polar surface area (TPSA) is 177 Å². The number of aliphatic hydroxyl groups excluding tert-OH is 1. The summed E-state index contributed by atoms with van der Waals surface area (Å²) in [6, 6.07) is 14.4. The van der Waals surface area contributed by atoms with Crippen LogP contribution in [-0.2, 0) is 35.4 Å². The van der Waals surface area contributed by atoms with Crippen LogP contribution in [0.25, 0.3) is 11.1 Å². The molecule has 3 N–H and O–H groups in total. The number of amides is 4. The van der Waals surface area contributed by atoms with E-state index in [1.165, 1.54) is 28.8 Å². The van der Waals surface area contributed by atoms with Gasteiger partial charge in [0.1, 0.15) is 23.4 Å². The Balaban J connectivity index is 0.728. The number of rotatable bonds is 10. The van der Waals surface area contributed by atoms with E-state index in [9.17, 15) is 24.3 Å². The first kappa shape index (κ1) is 46.0. The van der Waals surface area contributed by atoms with Gasteiger partial charge in [-0.1, -0.05) is 0 Å². The summed E-state index contributed by atoms with van der Waals surface area (Å²) in [5.74, 6) is 0.641. The minimum Gasteiger partial charge on any atom is -0.480 e. The fraction of sp³-hybridized carbons (Fsp3) is 0.453. The van der Waals surface area contributed by atoms with Crippen molar-refractivity contribution in [2.24, 2.45) is 0 Å². The molecule has 4 amide bonds. The van der Waals surface area contributed by atoms with Gasteiger partial charge in [-0.3, -0.25) is 34.3 Å². The Kier molecular flexibility index (Phi) is 12.3. The minimum absolute atomic E-state index is 0.0438. The van der Waals surface area contributed by atoms with Crippen LogP contribution in [0.4, 0.5) is 28.7 Å². The third-order valence-electron chi connectivity index (χ3n) is 15.5. The summed E-state index contributed by atoms with van der Waals surface area (Å²) in [6.45, 7) is 10.8. The molecule has 0 radical (unpaired) electrons. The van der Waals surface area contributed by atoms with Crippen LogP contribution in [0.5, 0.6) is 5.88 Å². The zero-order valence-electron chi connectivity index (χ0n) is 40.2. The fourth-order valence-corrected chi connectivity index (χ4v) is 13.4. The van der Waals surface area contributed by atoms with Crippen LogP contribution in [0.1, 0.15) is 113 Å². The lowest BCUT2D eigenvalue weighted by Gasteiger charge is -2.48. The largest absolute Gasteiger partial charge is 0.480 e. The maximum Gasteiger partial charge on any atom is 0.269 e. The third-order valence-corrected chi connectivity index (χ3v) is 16.8. The number of aryl methyl sites for hydroxylation is 1. The maximum atomic E-state index is 14.1. The molecule has 17 heteroatoms. The highest BCUT2D eigenvalue weighted by atomic mass is 32.1. The summed E-state index contributed by atoms with van der Waals surface area (Å²) in [5, 5.41) is 17.1. The molecular weight excluding hydrogens is 905 g/mol. The number of methoxy groups -OCH3 is 1. The first-order valence-electron chi connectivity index (χ1n) is 24.9. The van der Waals surface area contributed by atoms with Crippen molar-refractivity contribution in [3.05, 3.63) is 98.6 Å². The lowest BCUT2D eigenvalue weighted by Crippen LogP contribution is -2.58. The normalized spacial score (nSPS) is 23.2. The number of hydrogen-bond donors (Lipinski definition) is 3. The number of piperazine rings is 1. The van der Waals surface area contributed by atoms with Crippen LogP contribution < -0.4 is 30.1 Å². The summed E-state index contributed by atoms with van der Waals surface area (Å²) in [7, 11) is 1.58. The number of piperidine rings is 2. The van der Waals surface area contributed by atoms with Crippen molar-refractivity contribution in [3.8, 4) is 17.0 Å². The number of fused-ring (bicyclic) bond motifs is 4. The Hall–Kier alpha value is -6.43. The van der Waals surface area contributed by atoms with E-state index in [1.54, 1.807) is 47.6 Å². The molecule has 5 aromatic rings. The van der Waals surface area contributed by atoms with Crippen molar-refractivity contribution in [3.63, 3.8) is 0 Å². The van der Waals surface area contributed by atoms with E-state index < -0.39 is 18.1 Å². The first-order valence-corrected chi connectivity index (χ1v) is 25.7. The van der Waals surface area contributed by atoms with Crippen molar-refractivity contribution >= 4 is 63.7 Å². The predicted octanol–water partition coefficient (Wildman–Crippen LogP) is 6.82. The Morgan fingerprint density at radius 1 is 0.814 bits per heavy atom.